The molecular weight excluding hydrogens is 292 g/mol. The molecule has 21 heavy (non-hydrogen) atoms. The second-order valence-electron chi connectivity index (χ2n) is 4.67. The van der Waals surface area contributed by atoms with E-state index in [1.54, 1.807) is 6.07 Å². The van der Waals surface area contributed by atoms with Gasteiger partial charge in [0.05, 0.1) is 6.26 Å². The molecular formula is C13H12N4O3S. The molecule has 3 aromatic rings. The fraction of sp³-hybridized carbons (Fsp3) is 0.0769. The standard InChI is InChI=1S/C13H12N4O3S/c1-21(19,20)16-17-12-9-5-3-2-4-8(9)6-7-10(12)11(15-17)13(14)18/h2-7,16H,1H3,(H2,14,18). The average Bonchev–Trinajstić information content (AvgIpc) is 2.76. The van der Waals surface area contributed by atoms with E-state index in [0.29, 0.717) is 10.9 Å². The highest BCUT2D eigenvalue weighted by atomic mass is 32.2. The number of nitrogens with zero attached hydrogens (tertiary/aromatic N) is 2. The Morgan fingerprint density at radius 1 is 1.19 bits per heavy atom. The number of aromatic nitrogens is 2. The van der Waals surface area contributed by atoms with Crippen LogP contribution in [-0.4, -0.2) is 30.5 Å². The number of amides is 1. The quantitative estimate of drug-likeness (QED) is 0.746. The molecule has 1 amide bonds. The molecule has 0 radical (unpaired) electrons. The van der Waals surface area contributed by atoms with E-state index >= 15 is 0 Å². The van der Waals surface area contributed by atoms with Crippen LogP contribution in [0.5, 0.6) is 0 Å². The van der Waals surface area contributed by atoms with E-state index in [-0.39, 0.29) is 5.69 Å². The van der Waals surface area contributed by atoms with Crippen LogP contribution >= 0.6 is 0 Å². The van der Waals surface area contributed by atoms with Crippen LogP contribution in [-0.2, 0) is 10.0 Å². The van der Waals surface area contributed by atoms with Crippen LogP contribution in [0.15, 0.2) is 36.4 Å². The van der Waals surface area contributed by atoms with Crippen molar-refractivity contribution in [3.05, 3.63) is 42.1 Å². The zero-order chi connectivity index (χ0) is 15.2. The number of nitrogens with one attached hydrogen (secondary N) is 1. The van der Waals surface area contributed by atoms with E-state index in [4.69, 9.17) is 5.73 Å². The summed E-state index contributed by atoms with van der Waals surface area (Å²) in [5.74, 6) is -0.718. The molecule has 0 aliphatic heterocycles. The van der Waals surface area contributed by atoms with E-state index in [1.165, 1.54) is 0 Å². The number of hydrogen-bond donors (Lipinski definition) is 2. The minimum absolute atomic E-state index is 0.0203. The Labute approximate surface area is 120 Å². The summed E-state index contributed by atoms with van der Waals surface area (Å²) in [6, 6.07) is 10.9. The van der Waals surface area contributed by atoms with Crippen LogP contribution in [0.3, 0.4) is 0 Å². The van der Waals surface area contributed by atoms with E-state index in [0.717, 1.165) is 21.8 Å². The maximum absolute atomic E-state index is 11.5. The van der Waals surface area contributed by atoms with Gasteiger partial charge in [0.1, 0.15) is 5.52 Å². The summed E-state index contributed by atoms with van der Waals surface area (Å²) in [6.07, 6.45) is 1.01. The van der Waals surface area contributed by atoms with Crippen LogP contribution in [0.4, 0.5) is 0 Å². The molecule has 2 aromatic carbocycles. The summed E-state index contributed by atoms with van der Waals surface area (Å²) in [5.41, 5.74) is 5.82. The van der Waals surface area contributed by atoms with Gasteiger partial charge in [0.15, 0.2) is 5.69 Å². The maximum atomic E-state index is 11.5. The van der Waals surface area contributed by atoms with E-state index < -0.39 is 15.9 Å². The van der Waals surface area contributed by atoms with E-state index in [1.807, 2.05) is 30.3 Å². The molecule has 1 aromatic heterocycles. The zero-order valence-corrected chi connectivity index (χ0v) is 11.9. The molecule has 3 rings (SSSR count). The number of rotatable bonds is 3. The summed E-state index contributed by atoms with van der Waals surface area (Å²) in [4.78, 5) is 14.8. The van der Waals surface area contributed by atoms with Gasteiger partial charge in [-0.2, -0.15) is 4.79 Å². The van der Waals surface area contributed by atoms with Gasteiger partial charge >= 0.3 is 0 Å². The minimum atomic E-state index is -3.55. The summed E-state index contributed by atoms with van der Waals surface area (Å²) < 4.78 is 22.9. The van der Waals surface area contributed by atoms with Gasteiger partial charge < -0.3 is 5.73 Å². The van der Waals surface area contributed by atoms with Gasteiger partial charge in [-0.1, -0.05) is 30.3 Å². The predicted molar refractivity (Wildman–Crippen MR) is 80.0 cm³/mol. The van der Waals surface area contributed by atoms with Crippen LogP contribution in [0.25, 0.3) is 21.7 Å². The molecule has 0 spiro atoms. The largest absolute Gasteiger partial charge is 0.364 e. The van der Waals surface area contributed by atoms with Crippen LogP contribution in [0.1, 0.15) is 10.5 Å². The first kappa shape index (κ1) is 13.4. The van der Waals surface area contributed by atoms with Crippen molar-refractivity contribution in [3.8, 4) is 0 Å². The van der Waals surface area contributed by atoms with Crippen molar-refractivity contribution < 1.29 is 13.2 Å². The SMILES string of the molecule is CS(=O)(=O)Nn1nc(C(N)=O)c2ccc3ccccc3c21. The molecule has 0 unspecified atom stereocenters. The molecule has 0 saturated carbocycles. The molecule has 0 atom stereocenters. The fourth-order valence-electron chi connectivity index (χ4n) is 2.28. The molecule has 1 heterocycles. The van der Waals surface area contributed by atoms with E-state index in [9.17, 15) is 13.2 Å². The highest BCUT2D eigenvalue weighted by Crippen LogP contribution is 2.27. The summed E-state index contributed by atoms with van der Waals surface area (Å²) in [7, 11) is -3.55. The van der Waals surface area contributed by atoms with Crippen LogP contribution < -0.4 is 10.6 Å². The van der Waals surface area contributed by atoms with Crippen molar-refractivity contribution in [2.24, 2.45) is 5.73 Å². The lowest BCUT2D eigenvalue weighted by Crippen LogP contribution is -2.23. The normalized spacial score (nSPS) is 11.9. The lowest BCUT2D eigenvalue weighted by atomic mass is 10.1. The first-order valence-corrected chi connectivity index (χ1v) is 7.94. The monoisotopic (exact) mass is 304 g/mol. The third-order valence-electron chi connectivity index (χ3n) is 3.05. The number of primary amides is 1. The van der Waals surface area contributed by atoms with Crippen molar-refractivity contribution >= 4 is 37.6 Å². The van der Waals surface area contributed by atoms with Gasteiger partial charge in [0, 0.05) is 10.8 Å². The molecule has 0 bridgehead atoms. The molecule has 8 heteroatoms. The Kier molecular flexibility index (Phi) is 2.84. The van der Waals surface area contributed by atoms with Crippen molar-refractivity contribution in [2.45, 2.75) is 0 Å². The number of sulfonamides is 1. The first-order chi connectivity index (χ1) is 9.87. The number of fused-ring (bicyclic) bond motifs is 3. The average molecular weight is 304 g/mol. The van der Waals surface area contributed by atoms with Crippen molar-refractivity contribution in [3.63, 3.8) is 0 Å². The molecule has 0 aliphatic rings. The summed E-state index contributed by atoms with van der Waals surface area (Å²) in [5, 5.41) is 6.14. The molecule has 3 N–H and O–H groups in total. The van der Waals surface area contributed by atoms with Gasteiger partial charge in [0.25, 0.3) is 5.91 Å². The minimum Gasteiger partial charge on any atom is -0.364 e. The number of benzene rings is 2. The Morgan fingerprint density at radius 2 is 1.90 bits per heavy atom. The van der Waals surface area contributed by atoms with Crippen molar-refractivity contribution in [2.75, 3.05) is 11.1 Å². The maximum Gasteiger partial charge on any atom is 0.269 e. The number of nitrogens with two attached hydrogens (primary N) is 1. The zero-order valence-electron chi connectivity index (χ0n) is 11.1. The van der Waals surface area contributed by atoms with Gasteiger partial charge in [-0.15, -0.1) is 5.10 Å². The van der Waals surface area contributed by atoms with E-state index in [2.05, 4.69) is 9.93 Å². The molecule has 0 saturated heterocycles. The summed E-state index contributed by atoms with van der Waals surface area (Å²) in [6.45, 7) is 0. The van der Waals surface area contributed by atoms with Gasteiger partial charge in [0.2, 0.25) is 10.0 Å². The number of carbonyl (C=O) groups excluding carboxylic acids is 1. The second kappa shape index (κ2) is 4.45. The number of carbonyl (C=O) groups is 1. The number of hydrogen-bond acceptors (Lipinski definition) is 4. The summed E-state index contributed by atoms with van der Waals surface area (Å²) >= 11 is 0. The van der Waals surface area contributed by atoms with Gasteiger partial charge in [-0.25, -0.2) is 13.2 Å². The Bertz CT molecular complexity index is 976. The molecule has 7 nitrogen and oxygen atoms in total. The van der Waals surface area contributed by atoms with Crippen molar-refractivity contribution in [1.29, 1.82) is 0 Å². The highest BCUT2D eigenvalue weighted by Gasteiger charge is 2.18. The third-order valence-corrected chi connectivity index (χ3v) is 3.56. The first-order valence-electron chi connectivity index (χ1n) is 6.05. The Hall–Kier alpha value is -2.61. The Morgan fingerprint density at radius 3 is 2.57 bits per heavy atom. The fourth-order valence-corrected chi connectivity index (χ4v) is 2.73. The second-order valence-corrected chi connectivity index (χ2v) is 6.40. The molecule has 0 aliphatic carbocycles. The lowest BCUT2D eigenvalue weighted by molar-refractivity contribution is 0.0996. The van der Waals surface area contributed by atoms with Gasteiger partial charge in [-0.3, -0.25) is 4.79 Å². The smallest absolute Gasteiger partial charge is 0.269 e. The predicted octanol–water partition coefficient (Wildman–Crippen LogP) is 0.791. The van der Waals surface area contributed by atoms with Gasteiger partial charge in [-0.05, 0) is 11.5 Å². The molecule has 108 valence electrons. The van der Waals surface area contributed by atoms with Crippen LogP contribution in [0, 0.1) is 0 Å². The topological polar surface area (TPSA) is 107 Å². The lowest BCUT2D eigenvalue weighted by Gasteiger charge is -2.06. The molecule has 0 fully saturated rings. The Balaban J connectivity index is 2.45. The van der Waals surface area contributed by atoms with Crippen molar-refractivity contribution in [1.82, 2.24) is 9.89 Å². The van der Waals surface area contributed by atoms with Crippen LogP contribution in [0.2, 0.25) is 0 Å². The third kappa shape index (κ3) is 2.29. The highest BCUT2D eigenvalue weighted by molar-refractivity contribution is 7.91.